The van der Waals surface area contributed by atoms with Crippen molar-refractivity contribution < 1.29 is 0 Å². The third kappa shape index (κ3) is 2.36. The molecular formula is C12H7BrCl2. The molecule has 0 aliphatic heterocycles. The summed E-state index contributed by atoms with van der Waals surface area (Å²) in [6, 6.07) is 13.8. The monoisotopic (exact) mass is 300 g/mol. The summed E-state index contributed by atoms with van der Waals surface area (Å²) in [4.78, 5) is 0. The van der Waals surface area contributed by atoms with E-state index in [9.17, 15) is 0 Å². The molecule has 0 aliphatic carbocycles. The topological polar surface area (TPSA) is 0 Å². The molecule has 2 aromatic carbocycles. The lowest BCUT2D eigenvalue weighted by molar-refractivity contribution is 1.59. The van der Waals surface area contributed by atoms with Crippen LogP contribution >= 0.6 is 39.1 Å². The maximum absolute atomic E-state index is 6.04. The van der Waals surface area contributed by atoms with Gasteiger partial charge in [0.05, 0.1) is 14.5 Å². The molecule has 2 rings (SSSR count). The number of rotatable bonds is 1. The normalized spacial score (nSPS) is 10.3. The van der Waals surface area contributed by atoms with E-state index in [0.29, 0.717) is 10.0 Å². The number of benzene rings is 2. The maximum atomic E-state index is 6.04. The van der Waals surface area contributed by atoms with Crippen LogP contribution in [0.4, 0.5) is 0 Å². The summed E-state index contributed by atoms with van der Waals surface area (Å²) in [7, 11) is 0. The van der Waals surface area contributed by atoms with Crippen LogP contribution in [0.15, 0.2) is 46.9 Å². The van der Waals surface area contributed by atoms with E-state index in [1.54, 1.807) is 0 Å². The fraction of sp³-hybridized carbons (Fsp3) is 0. The Kier molecular flexibility index (Phi) is 3.35. The highest BCUT2D eigenvalue weighted by Crippen LogP contribution is 2.35. The summed E-state index contributed by atoms with van der Waals surface area (Å²) >= 11 is 15.4. The molecule has 15 heavy (non-hydrogen) atoms. The van der Waals surface area contributed by atoms with Crippen LogP contribution in [0.25, 0.3) is 11.1 Å². The lowest BCUT2D eigenvalue weighted by Gasteiger charge is -2.05. The van der Waals surface area contributed by atoms with Gasteiger partial charge in [0.25, 0.3) is 0 Å². The van der Waals surface area contributed by atoms with Gasteiger partial charge in [-0.2, -0.15) is 0 Å². The molecule has 0 amide bonds. The van der Waals surface area contributed by atoms with E-state index in [1.165, 1.54) is 0 Å². The first kappa shape index (κ1) is 11.0. The van der Waals surface area contributed by atoms with Crippen molar-refractivity contribution in [1.29, 1.82) is 0 Å². The molecule has 0 aliphatic rings. The minimum atomic E-state index is 0.626. The molecule has 0 radical (unpaired) electrons. The lowest BCUT2D eigenvalue weighted by atomic mass is 10.1. The fourth-order valence-corrected chi connectivity index (χ4v) is 2.07. The summed E-state index contributed by atoms with van der Waals surface area (Å²) in [6.07, 6.45) is 0. The van der Waals surface area contributed by atoms with Gasteiger partial charge < -0.3 is 0 Å². The van der Waals surface area contributed by atoms with E-state index in [2.05, 4.69) is 15.9 Å². The van der Waals surface area contributed by atoms with Crippen LogP contribution < -0.4 is 0 Å². The lowest BCUT2D eigenvalue weighted by Crippen LogP contribution is -1.79. The first-order valence-electron chi connectivity index (χ1n) is 4.38. The third-order valence-electron chi connectivity index (χ3n) is 2.09. The highest BCUT2D eigenvalue weighted by Gasteiger charge is 2.06. The van der Waals surface area contributed by atoms with Crippen molar-refractivity contribution in [2.45, 2.75) is 0 Å². The van der Waals surface area contributed by atoms with Gasteiger partial charge >= 0.3 is 0 Å². The van der Waals surface area contributed by atoms with Gasteiger partial charge in [-0.25, -0.2) is 0 Å². The fourth-order valence-electron chi connectivity index (χ4n) is 1.35. The van der Waals surface area contributed by atoms with Gasteiger partial charge in [0.1, 0.15) is 0 Å². The summed E-state index contributed by atoms with van der Waals surface area (Å²) < 4.78 is 0.741. The Hall–Kier alpha value is -0.500. The van der Waals surface area contributed by atoms with E-state index in [0.717, 1.165) is 15.6 Å². The predicted molar refractivity (Wildman–Crippen MR) is 69.6 cm³/mol. The molecule has 0 atom stereocenters. The highest BCUT2D eigenvalue weighted by atomic mass is 79.9. The van der Waals surface area contributed by atoms with Gasteiger partial charge in [0.2, 0.25) is 0 Å². The summed E-state index contributed by atoms with van der Waals surface area (Å²) in [5, 5.41) is 1.25. The van der Waals surface area contributed by atoms with Crippen molar-refractivity contribution >= 4 is 39.1 Å². The summed E-state index contributed by atoms with van der Waals surface area (Å²) in [5.41, 5.74) is 2.13. The van der Waals surface area contributed by atoms with Crippen molar-refractivity contribution in [1.82, 2.24) is 0 Å². The average molecular weight is 302 g/mol. The van der Waals surface area contributed by atoms with Crippen LogP contribution in [-0.2, 0) is 0 Å². The summed E-state index contributed by atoms with van der Waals surface area (Å²) in [6.45, 7) is 0. The molecule has 76 valence electrons. The first-order valence-corrected chi connectivity index (χ1v) is 5.93. The van der Waals surface area contributed by atoms with Crippen LogP contribution in [0.1, 0.15) is 0 Å². The molecule has 0 spiro atoms. The van der Waals surface area contributed by atoms with Gasteiger partial charge in [-0.3, -0.25) is 0 Å². The zero-order valence-electron chi connectivity index (χ0n) is 7.68. The number of hydrogen-bond donors (Lipinski definition) is 0. The number of hydrogen-bond acceptors (Lipinski definition) is 0. The van der Waals surface area contributed by atoms with E-state index in [-0.39, 0.29) is 0 Å². The Bertz CT molecular complexity index is 457. The van der Waals surface area contributed by atoms with Crippen LogP contribution in [-0.4, -0.2) is 0 Å². The molecule has 0 heterocycles. The van der Waals surface area contributed by atoms with Crippen LogP contribution in [0, 0.1) is 0 Å². The van der Waals surface area contributed by atoms with Crippen LogP contribution in [0.5, 0.6) is 0 Å². The second-order valence-corrected chi connectivity index (χ2v) is 4.73. The maximum Gasteiger partial charge on any atom is 0.0569 e. The standard InChI is InChI=1S/C12H7BrCl2/c13-12-10(14)6-9(7-11(12)15)8-4-2-1-3-5-8/h1-7H. The Labute approximate surface area is 107 Å². The zero-order chi connectivity index (χ0) is 10.8. The van der Waals surface area contributed by atoms with Gasteiger partial charge in [0, 0.05) is 0 Å². The molecule has 0 saturated carbocycles. The third-order valence-corrected chi connectivity index (χ3v) is 4.00. The average Bonchev–Trinajstić information content (AvgIpc) is 2.26. The largest absolute Gasteiger partial charge is 0.0830 e. The van der Waals surface area contributed by atoms with E-state index in [1.807, 2.05) is 42.5 Å². The molecule has 0 nitrogen and oxygen atoms in total. The van der Waals surface area contributed by atoms with Gasteiger partial charge in [0.15, 0.2) is 0 Å². The zero-order valence-corrected chi connectivity index (χ0v) is 10.8. The molecule has 2 aromatic rings. The predicted octanol–water partition coefficient (Wildman–Crippen LogP) is 5.42. The number of halogens is 3. The smallest absolute Gasteiger partial charge is 0.0569 e. The minimum Gasteiger partial charge on any atom is -0.0830 e. The summed E-state index contributed by atoms with van der Waals surface area (Å²) in [5.74, 6) is 0. The Morgan fingerprint density at radius 2 is 1.33 bits per heavy atom. The molecular weight excluding hydrogens is 295 g/mol. The molecule has 0 N–H and O–H groups in total. The van der Waals surface area contributed by atoms with Crippen molar-refractivity contribution in [3.05, 3.63) is 57.0 Å². The first-order chi connectivity index (χ1) is 7.18. The minimum absolute atomic E-state index is 0.626. The van der Waals surface area contributed by atoms with E-state index in [4.69, 9.17) is 23.2 Å². The highest BCUT2D eigenvalue weighted by molar-refractivity contribution is 9.10. The molecule has 3 heteroatoms. The van der Waals surface area contributed by atoms with E-state index < -0.39 is 0 Å². The SMILES string of the molecule is Clc1cc(-c2ccccc2)cc(Cl)c1Br. The van der Waals surface area contributed by atoms with Crippen molar-refractivity contribution in [3.63, 3.8) is 0 Å². The molecule has 0 saturated heterocycles. The van der Waals surface area contributed by atoms with Crippen molar-refractivity contribution in [2.24, 2.45) is 0 Å². The van der Waals surface area contributed by atoms with Crippen LogP contribution in [0.3, 0.4) is 0 Å². The molecule has 0 bridgehead atoms. The molecule has 0 aromatic heterocycles. The van der Waals surface area contributed by atoms with Gasteiger partial charge in [-0.05, 0) is 39.2 Å². The molecule has 0 fully saturated rings. The second-order valence-electron chi connectivity index (χ2n) is 3.12. The Morgan fingerprint density at radius 1 is 0.800 bits per heavy atom. The second kappa shape index (κ2) is 4.56. The quantitative estimate of drug-likeness (QED) is 0.617. The molecule has 0 unspecified atom stereocenters. The van der Waals surface area contributed by atoms with E-state index >= 15 is 0 Å². The Balaban J connectivity index is 2.56. The Morgan fingerprint density at radius 3 is 1.87 bits per heavy atom. The van der Waals surface area contributed by atoms with Crippen molar-refractivity contribution in [2.75, 3.05) is 0 Å². The van der Waals surface area contributed by atoms with Gasteiger partial charge in [-0.15, -0.1) is 0 Å². The van der Waals surface area contributed by atoms with Gasteiger partial charge in [-0.1, -0.05) is 53.5 Å². The van der Waals surface area contributed by atoms with Crippen molar-refractivity contribution in [3.8, 4) is 11.1 Å². The van der Waals surface area contributed by atoms with Crippen LogP contribution in [0.2, 0.25) is 10.0 Å².